The molecule has 8 aliphatic rings. The van der Waals surface area contributed by atoms with E-state index in [1.807, 2.05) is 32.1 Å². The van der Waals surface area contributed by atoms with Gasteiger partial charge in [0.1, 0.15) is 48.8 Å². The van der Waals surface area contributed by atoms with E-state index in [0.29, 0.717) is 49.2 Å². The summed E-state index contributed by atoms with van der Waals surface area (Å²) in [4.78, 5) is 14.5. The number of aliphatic hydroxyl groups is 2. The topological polar surface area (TPSA) is 168 Å². The second kappa shape index (κ2) is 22.0. The van der Waals surface area contributed by atoms with Crippen LogP contribution in [-0.2, 0) is 61.6 Å². The molecule has 6 aliphatic heterocycles. The summed E-state index contributed by atoms with van der Waals surface area (Å²) < 4.78 is 76.0. The summed E-state index contributed by atoms with van der Waals surface area (Å²) in [7, 11) is 4.91. The number of rotatable bonds is 10. The van der Waals surface area contributed by atoms with Crippen LogP contribution in [0, 0.1) is 23.7 Å². The van der Waals surface area contributed by atoms with Gasteiger partial charge in [-0.15, -0.1) is 0 Å². The highest BCUT2D eigenvalue weighted by Crippen LogP contribution is 2.48. The summed E-state index contributed by atoms with van der Waals surface area (Å²) in [6.07, 6.45) is 14.8. The first-order valence-corrected chi connectivity index (χ1v) is 24.9. The normalized spacial score (nSPS) is 47.5. The lowest BCUT2D eigenvalue weighted by molar-refractivity contribution is -0.323. The van der Waals surface area contributed by atoms with E-state index in [2.05, 4.69) is 32.9 Å². The van der Waals surface area contributed by atoms with Gasteiger partial charge in [0.05, 0.1) is 49.3 Å². The third-order valence-electron chi connectivity index (χ3n) is 15.8. The van der Waals surface area contributed by atoms with Gasteiger partial charge in [-0.1, -0.05) is 69.6 Å². The fraction of sp³-hybridized carbons (Fsp3) is 0.788. The lowest BCUT2D eigenvalue weighted by atomic mass is 9.71. The third-order valence-corrected chi connectivity index (χ3v) is 15.8. The Hall–Kier alpha value is -2.35. The van der Waals surface area contributed by atoms with E-state index in [1.165, 1.54) is 19.3 Å². The van der Waals surface area contributed by atoms with Crippen molar-refractivity contribution in [2.24, 2.45) is 23.7 Å². The average molecular weight is 943 g/mol. The summed E-state index contributed by atoms with van der Waals surface area (Å²) in [6, 6.07) is 0. The molecule has 2 bridgehead atoms. The number of aliphatic hydroxyl groups excluding tert-OH is 1. The molecule has 0 aromatic carbocycles. The SMILES string of the molecule is COCO[C@@H]1[C@H](C)O[C@@H](O[C@H]2[C@H](C)OC(O[C@@H]3/C(C)=C/C[C@@H]4C[C@@H](C[C@]5(C=C[C@H](C)[C@@H](C6CCCCC6)O5)O4)OC(=O)[C@@H]4C=C(C)[C@@H](O)[C@H]5OC/C(=C\C=C\C3C)[C@]54O)C[C@@H]2OC)C[C@@H]1OC. The molecule has 6 heterocycles. The van der Waals surface area contributed by atoms with Gasteiger partial charge in [-0.2, -0.15) is 0 Å². The molecule has 8 rings (SSSR count). The van der Waals surface area contributed by atoms with E-state index in [9.17, 15) is 15.0 Å². The molecular weight excluding hydrogens is 865 g/mol. The molecule has 376 valence electrons. The van der Waals surface area contributed by atoms with Crippen LogP contribution in [0.25, 0.3) is 0 Å². The van der Waals surface area contributed by atoms with Crippen molar-refractivity contribution in [2.45, 2.75) is 203 Å². The van der Waals surface area contributed by atoms with Gasteiger partial charge in [0.2, 0.25) is 0 Å². The van der Waals surface area contributed by atoms with Crippen LogP contribution in [0.5, 0.6) is 0 Å². The van der Waals surface area contributed by atoms with E-state index in [0.717, 1.165) is 18.4 Å². The molecule has 1 spiro atoms. The Morgan fingerprint density at radius 1 is 0.821 bits per heavy atom. The van der Waals surface area contributed by atoms with E-state index in [1.54, 1.807) is 40.4 Å². The van der Waals surface area contributed by atoms with Gasteiger partial charge in [0.25, 0.3) is 0 Å². The number of carbonyl (C=O) groups excluding carboxylic acids is 1. The molecule has 67 heavy (non-hydrogen) atoms. The molecule has 0 aromatic heterocycles. The zero-order valence-corrected chi connectivity index (χ0v) is 41.1. The molecule has 1 saturated carbocycles. The maximum absolute atomic E-state index is 14.5. The quantitative estimate of drug-likeness (QED) is 0.138. The van der Waals surface area contributed by atoms with Gasteiger partial charge in [-0.3, -0.25) is 4.79 Å². The van der Waals surface area contributed by atoms with Crippen LogP contribution in [0.4, 0.5) is 0 Å². The average Bonchev–Trinajstić information content (AvgIpc) is 3.65. The van der Waals surface area contributed by atoms with Crippen molar-refractivity contribution < 1.29 is 71.8 Å². The predicted molar refractivity (Wildman–Crippen MR) is 245 cm³/mol. The largest absolute Gasteiger partial charge is 0.462 e. The minimum Gasteiger partial charge on any atom is -0.462 e. The number of methoxy groups -OCH3 is 3. The second-order valence-electron chi connectivity index (χ2n) is 20.5. The lowest BCUT2D eigenvalue weighted by Gasteiger charge is -2.49. The summed E-state index contributed by atoms with van der Waals surface area (Å²) in [5.41, 5.74) is 0.177. The Morgan fingerprint density at radius 3 is 2.24 bits per heavy atom. The van der Waals surface area contributed by atoms with Crippen molar-refractivity contribution in [2.75, 3.05) is 34.7 Å². The highest BCUT2D eigenvalue weighted by Gasteiger charge is 2.60. The molecule has 19 atom stereocenters. The molecular formula is C52H78O15. The van der Waals surface area contributed by atoms with Crippen LogP contribution in [0.2, 0.25) is 0 Å². The monoisotopic (exact) mass is 943 g/mol. The zero-order valence-electron chi connectivity index (χ0n) is 41.1. The van der Waals surface area contributed by atoms with E-state index in [-0.39, 0.29) is 61.9 Å². The van der Waals surface area contributed by atoms with Crippen molar-refractivity contribution in [3.8, 4) is 0 Å². The molecule has 2 aliphatic carbocycles. The minimum atomic E-state index is -1.83. The summed E-state index contributed by atoms with van der Waals surface area (Å²) >= 11 is 0. The molecule has 2 unspecified atom stereocenters. The van der Waals surface area contributed by atoms with Crippen molar-refractivity contribution in [1.82, 2.24) is 0 Å². The smallest absolute Gasteiger partial charge is 0.316 e. The fourth-order valence-corrected chi connectivity index (χ4v) is 12.1. The molecule has 4 saturated heterocycles. The van der Waals surface area contributed by atoms with Gasteiger partial charge in [0.15, 0.2) is 18.4 Å². The van der Waals surface area contributed by atoms with Gasteiger partial charge < -0.3 is 67.1 Å². The van der Waals surface area contributed by atoms with Gasteiger partial charge in [-0.05, 0) is 75.7 Å². The predicted octanol–water partition coefficient (Wildman–Crippen LogP) is 6.54. The van der Waals surface area contributed by atoms with Gasteiger partial charge in [-0.25, -0.2) is 0 Å². The molecule has 0 aromatic rings. The molecule has 2 N–H and O–H groups in total. The highest BCUT2D eigenvalue weighted by molar-refractivity contribution is 5.78. The number of hydrogen-bond acceptors (Lipinski definition) is 15. The standard InChI is InChI=1S/C52H78O15/c1-29-14-13-17-36-27-59-49-44(53)32(4)22-39(52(36,49)55)50(54)63-38-23-37(66-51(26-38)21-20-31(3)46(67-51)35-15-11-10-12-16-35)19-18-30(2)45(29)64-42-25-41(58-9)48(34(6)62-42)65-43-24-40(57-8)47(33(5)61-43)60-28-56-7/h13-14,17-18,20-22,29,31,33-35,37-49,53,55H,10-12,15-16,19,23-28H2,1-9H3/b14-13+,30-18+,36-17+/t29?,31-,33-,34-,37+,38-,39-,40-,41-,42?,43-,44+,45-,46-,47+,48-,49+,51+,52+/m0/s1. The third kappa shape index (κ3) is 10.9. The number of fused-ring (bicyclic) bond motifs is 2. The molecule has 15 nitrogen and oxygen atoms in total. The van der Waals surface area contributed by atoms with Crippen molar-refractivity contribution in [3.05, 3.63) is 59.3 Å². The van der Waals surface area contributed by atoms with E-state index < -0.39 is 72.5 Å². The second-order valence-corrected chi connectivity index (χ2v) is 20.5. The Morgan fingerprint density at radius 2 is 1.52 bits per heavy atom. The molecule has 0 radical (unpaired) electrons. The highest BCUT2D eigenvalue weighted by atomic mass is 16.7. The van der Waals surface area contributed by atoms with Gasteiger partial charge >= 0.3 is 5.97 Å². The van der Waals surface area contributed by atoms with Gasteiger partial charge in [0, 0.05) is 58.8 Å². The van der Waals surface area contributed by atoms with E-state index in [4.69, 9.17) is 56.8 Å². The summed E-state index contributed by atoms with van der Waals surface area (Å²) in [5.74, 6) is -2.32. The first kappa shape index (κ1) is 51.0. The van der Waals surface area contributed by atoms with Crippen LogP contribution < -0.4 is 0 Å². The number of ether oxygens (including phenoxy) is 12. The molecule has 5 fully saturated rings. The Labute approximate surface area is 397 Å². The first-order chi connectivity index (χ1) is 32.2. The Kier molecular flexibility index (Phi) is 16.7. The van der Waals surface area contributed by atoms with Crippen molar-refractivity contribution >= 4 is 5.97 Å². The van der Waals surface area contributed by atoms with Crippen LogP contribution in [0.15, 0.2) is 59.3 Å². The van der Waals surface area contributed by atoms with Crippen molar-refractivity contribution in [1.29, 1.82) is 0 Å². The minimum absolute atomic E-state index is 0.0240. The number of hydrogen-bond donors (Lipinski definition) is 2. The Bertz CT molecular complexity index is 1840. The lowest BCUT2D eigenvalue weighted by Crippen LogP contribution is -2.58. The van der Waals surface area contributed by atoms with E-state index >= 15 is 0 Å². The number of carbonyl (C=O) groups is 1. The Balaban J connectivity index is 1.06. The fourth-order valence-electron chi connectivity index (χ4n) is 12.1. The molecule has 0 amide bonds. The van der Waals surface area contributed by atoms with Crippen LogP contribution in [0.1, 0.15) is 106 Å². The maximum Gasteiger partial charge on any atom is 0.316 e. The summed E-state index contributed by atoms with van der Waals surface area (Å²) in [6.45, 7) is 12.2. The van der Waals surface area contributed by atoms with Crippen LogP contribution in [-0.4, -0.2) is 148 Å². The number of allylic oxidation sites excluding steroid dienone is 2. The van der Waals surface area contributed by atoms with Crippen LogP contribution in [0.3, 0.4) is 0 Å². The molecule has 15 heteroatoms. The van der Waals surface area contributed by atoms with Crippen LogP contribution >= 0.6 is 0 Å². The number of esters is 1. The summed E-state index contributed by atoms with van der Waals surface area (Å²) in [5, 5.41) is 23.9. The van der Waals surface area contributed by atoms with Crippen molar-refractivity contribution in [3.63, 3.8) is 0 Å². The zero-order chi connectivity index (χ0) is 47.6. The first-order valence-electron chi connectivity index (χ1n) is 24.9. The maximum atomic E-state index is 14.5.